The van der Waals surface area contributed by atoms with E-state index in [2.05, 4.69) is 15.9 Å². The van der Waals surface area contributed by atoms with Gasteiger partial charge in [0.2, 0.25) is 0 Å². The highest BCUT2D eigenvalue weighted by Gasteiger charge is 2.34. The fourth-order valence-corrected chi connectivity index (χ4v) is 1.89. The van der Waals surface area contributed by atoms with E-state index < -0.39 is 11.9 Å². The second kappa shape index (κ2) is 3.34. The molecule has 0 aliphatic heterocycles. The fourth-order valence-electron chi connectivity index (χ4n) is 1.25. The van der Waals surface area contributed by atoms with Crippen molar-refractivity contribution < 1.29 is 14.7 Å². The Morgan fingerprint density at radius 2 is 2.18 bits per heavy atom. The third-order valence-electron chi connectivity index (χ3n) is 1.90. The van der Waals surface area contributed by atoms with Crippen molar-refractivity contribution >= 4 is 27.7 Å². The fraction of sp³-hybridized carbons (Fsp3) is 0.714. The highest BCUT2D eigenvalue weighted by molar-refractivity contribution is 9.10. The van der Waals surface area contributed by atoms with Crippen molar-refractivity contribution in [2.45, 2.75) is 24.1 Å². The van der Waals surface area contributed by atoms with Gasteiger partial charge in [0, 0.05) is 0 Å². The SMILES string of the molecule is O=C(O)[C@H]1CCC[C@H](Br)C1=O. The molecule has 0 aromatic carbocycles. The van der Waals surface area contributed by atoms with Crippen LogP contribution in [0.5, 0.6) is 0 Å². The molecule has 4 heteroatoms. The Balaban J connectivity index is 2.66. The van der Waals surface area contributed by atoms with Crippen molar-refractivity contribution in [2.24, 2.45) is 5.92 Å². The lowest BCUT2D eigenvalue weighted by atomic mass is 9.88. The molecular formula is C7H9BrO3. The zero-order valence-corrected chi connectivity index (χ0v) is 7.50. The lowest BCUT2D eigenvalue weighted by molar-refractivity contribution is -0.147. The van der Waals surface area contributed by atoms with E-state index in [-0.39, 0.29) is 10.6 Å². The van der Waals surface area contributed by atoms with E-state index >= 15 is 0 Å². The van der Waals surface area contributed by atoms with Gasteiger partial charge in [0.15, 0.2) is 5.78 Å². The first-order valence-electron chi connectivity index (χ1n) is 3.53. The molecule has 62 valence electrons. The van der Waals surface area contributed by atoms with E-state index in [0.717, 1.165) is 12.8 Å². The molecule has 1 saturated carbocycles. The molecule has 1 aliphatic carbocycles. The van der Waals surface area contributed by atoms with Crippen molar-refractivity contribution in [1.82, 2.24) is 0 Å². The third kappa shape index (κ3) is 1.80. The first-order valence-corrected chi connectivity index (χ1v) is 4.45. The van der Waals surface area contributed by atoms with Gasteiger partial charge in [-0.25, -0.2) is 0 Å². The Morgan fingerprint density at radius 3 is 2.64 bits per heavy atom. The molecule has 0 bridgehead atoms. The first-order chi connectivity index (χ1) is 5.13. The van der Waals surface area contributed by atoms with E-state index in [9.17, 15) is 9.59 Å². The zero-order chi connectivity index (χ0) is 8.43. The summed E-state index contributed by atoms with van der Waals surface area (Å²) >= 11 is 3.15. The van der Waals surface area contributed by atoms with Gasteiger partial charge in [-0.05, 0) is 12.8 Å². The van der Waals surface area contributed by atoms with Gasteiger partial charge < -0.3 is 5.11 Å². The van der Waals surface area contributed by atoms with Gasteiger partial charge in [-0.15, -0.1) is 0 Å². The molecule has 1 N–H and O–H groups in total. The molecule has 1 aliphatic rings. The van der Waals surface area contributed by atoms with Crippen LogP contribution in [-0.4, -0.2) is 21.7 Å². The summed E-state index contributed by atoms with van der Waals surface area (Å²) < 4.78 is 0. The summed E-state index contributed by atoms with van der Waals surface area (Å²) in [5.74, 6) is -1.93. The van der Waals surface area contributed by atoms with Crippen LogP contribution in [0.25, 0.3) is 0 Å². The summed E-state index contributed by atoms with van der Waals surface area (Å²) in [5, 5.41) is 8.58. The van der Waals surface area contributed by atoms with Crippen molar-refractivity contribution in [3.05, 3.63) is 0 Å². The Bertz CT molecular complexity index is 190. The van der Waals surface area contributed by atoms with Gasteiger partial charge in [0.1, 0.15) is 5.92 Å². The largest absolute Gasteiger partial charge is 0.481 e. The normalized spacial score (nSPS) is 31.9. The van der Waals surface area contributed by atoms with Crippen LogP contribution in [0.15, 0.2) is 0 Å². The monoisotopic (exact) mass is 220 g/mol. The number of ketones is 1. The molecule has 0 aromatic rings. The number of carbonyl (C=O) groups excluding carboxylic acids is 1. The summed E-state index contributed by atoms with van der Waals surface area (Å²) in [5.41, 5.74) is 0. The van der Waals surface area contributed by atoms with Gasteiger partial charge in [0.05, 0.1) is 4.83 Å². The Kier molecular flexibility index (Phi) is 2.65. The van der Waals surface area contributed by atoms with Crippen LogP contribution < -0.4 is 0 Å². The smallest absolute Gasteiger partial charge is 0.314 e. The topological polar surface area (TPSA) is 54.4 Å². The summed E-state index contributed by atoms with van der Waals surface area (Å²) in [6.45, 7) is 0. The second-order valence-corrected chi connectivity index (χ2v) is 3.80. The number of rotatable bonds is 1. The molecule has 0 aromatic heterocycles. The van der Waals surface area contributed by atoms with E-state index in [0.29, 0.717) is 6.42 Å². The average molecular weight is 221 g/mol. The molecule has 0 amide bonds. The van der Waals surface area contributed by atoms with Crippen LogP contribution in [-0.2, 0) is 9.59 Å². The number of carboxylic acid groups (broad SMARTS) is 1. The lowest BCUT2D eigenvalue weighted by Crippen LogP contribution is -2.33. The van der Waals surface area contributed by atoms with Crippen LogP contribution in [0.1, 0.15) is 19.3 Å². The molecule has 2 atom stereocenters. The van der Waals surface area contributed by atoms with Gasteiger partial charge in [-0.1, -0.05) is 22.4 Å². The van der Waals surface area contributed by atoms with E-state index in [1.54, 1.807) is 0 Å². The zero-order valence-electron chi connectivity index (χ0n) is 5.92. The average Bonchev–Trinajstić information content (AvgIpc) is 1.94. The number of halogens is 1. The van der Waals surface area contributed by atoms with Crippen LogP contribution in [0.2, 0.25) is 0 Å². The number of Topliss-reactive ketones (excluding diaryl/α,β-unsaturated/α-hetero) is 1. The van der Waals surface area contributed by atoms with Crippen molar-refractivity contribution in [1.29, 1.82) is 0 Å². The van der Waals surface area contributed by atoms with Crippen molar-refractivity contribution in [2.75, 3.05) is 0 Å². The third-order valence-corrected chi connectivity index (χ3v) is 2.81. The number of hydrogen-bond acceptors (Lipinski definition) is 2. The number of hydrogen-bond donors (Lipinski definition) is 1. The molecule has 0 unspecified atom stereocenters. The predicted octanol–water partition coefficient (Wildman–Crippen LogP) is 1.20. The van der Waals surface area contributed by atoms with E-state index in [4.69, 9.17) is 5.11 Å². The van der Waals surface area contributed by atoms with E-state index in [1.807, 2.05) is 0 Å². The van der Waals surface area contributed by atoms with Crippen molar-refractivity contribution in [3.8, 4) is 0 Å². The molecule has 3 nitrogen and oxygen atoms in total. The maximum Gasteiger partial charge on any atom is 0.314 e. The number of aliphatic carboxylic acids is 1. The standard InChI is InChI=1S/C7H9BrO3/c8-5-3-1-2-4(6(5)9)7(10)11/h4-5H,1-3H2,(H,10,11)/t4-,5-/m0/s1. The molecule has 0 saturated heterocycles. The highest BCUT2D eigenvalue weighted by Crippen LogP contribution is 2.25. The molecule has 1 rings (SSSR count). The molecule has 0 radical (unpaired) electrons. The minimum atomic E-state index is -0.987. The molecule has 0 spiro atoms. The first kappa shape index (κ1) is 8.71. The predicted molar refractivity (Wildman–Crippen MR) is 42.7 cm³/mol. The Hall–Kier alpha value is -0.380. The van der Waals surface area contributed by atoms with E-state index in [1.165, 1.54) is 0 Å². The summed E-state index contributed by atoms with van der Waals surface area (Å²) in [6.07, 6.45) is 2.08. The highest BCUT2D eigenvalue weighted by atomic mass is 79.9. The molecular weight excluding hydrogens is 212 g/mol. The minimum absolute atomic E-state index is 0.177. The van der Waals surface area contributed by atoms with Gasteiger partial charge in [-0.3, -0.25) is 9.59 Å². The minimum Gasteiger partial charge on any atom is -0.481 e. The molecule has 0 heterocycles. The van der Waals surface area contributed by atoms with Crippen LogP contribution >= 0.6 is 15.9 Å². The summed E-state index contributed by atoms with van der Waals surface area (Å²) in [6, 6.07) is 0. The Morgan fingerprint density at radius 1 is 1.55 bits per heavy atom. The number of carboxylic acids is 1. The summed E-state index contributed by atoms with van der Waals surface area (Å²) in [7, 11) is 0. The maximum atomic E-state index is 11.1. The second-order valence-electron chi connectivity index (χ2n) is 2.69. The molecule has 11 heavy (non-hydrogen) atoms. The number of alkyl halides is 1. The van der Waals surface area contributed by atoms with Crippen LogP contribution in [0, 0.1) is 5.92 Å². The summed E-state index contributed by atoms with van der Waals surface area (Å²) in [4.78, 5) is 21.4. The van der Waals surface area contributed by atoms with Gasteiger partial charge in [-0.2, -0.15) is 0 Å². The quantitative estimate of drug-likeness (QED) is 0.534. The Labute approximate surface area is 72.9 Å². The van der Waals surface area contributed by atoms with Crippen molar-refractivity contribution in [3.63, 3.8) is 0 Å². The molecule has 1 fully saturated rings. The van der Waals surface area contributed by atoms with Gasteiger partial charge >= 0.3 is 5.97 Å². The number of carbonyl (C=O) groups is 2. The van der Waals surface area contributed by atoms with Gasteiger partial charge in [0.25, 0.3) is 0 Å². The van der Waals surface area contributed by atoms with Crippen LogP contribution in [0.3, 0.4) is 0 Å². The maximum absolute atomic E-state index is 11.1. The van der Waals surface area contributed by atoms with Crippen LogP contribution in [0.4, 0.5) is 0 Å². The lowest BCUT2D eigenvalue weighted by Gasteiger charge is -2.20.